The van der Waals surface area contributed by atoms with Crippen molar-refractivity contribution in [3.05, 3.63) is 29.3 Å². The number of methoxy groups -OCH3 is 1. The Morgan fingerprint density at radius 2 is 2.29 bits per heavy atom. The molecule has 1 heterocycles. The molecule has 1 aromatic carbocycles. The Morgan fingerprint density at radius 3 is 3.00 bits per heavy atom. The van der Waals surface area contributed by atoms with Crippen molar-refractivity contribution in [3.8, 4) is 5.75 Å². The zero-order chi connectivity index (χ0) is 12.3. The third kappa shape index (κ3) is 3.20. The maximum absolute atomic E-state index is 5.43. The molecule has 0 aromatic heterocycles. The molecule has 1 aliphatic rings. The summed E-state index contributed by atoms with van der Waals surface area (Å²) in [6, 6.07) is 6.98. The van der Waals surface area contributed by atoms with Crippen molar-refractivity contribution in [2.45, 2.75) is 26.4 Å². The van der Waals surface area contributed by atoms with Gasteiger partial charge in [0, 0.05) is 37.8 Å². The van der Waals surface area contributed by atoms with Gasteiger partial charge in [0.05, 0.1) is 7.11 Å². The van der Waals surface area contributed by atoms with Crippen LogP contribution in [0.15, 0.2) is 18.2 Å². The minimum Gasteiger partial charge on any atom is -0.496 e. The molecule has 2 rings (SSSR count). The number of aryl methyl sites for hydroxylation is 1. The molecule has 1 aromatic rings. The van der Waals surface area contributed by atoms with E-state index in [1.807, 2.05) is 0 Å². The van der Waals surface area contributed by atoms with Crippen molar-refractivity contribution in [3.63, 3.8) is 0 Å². The second-order valence-electron chi connectivity index (χ2n) is 4.91. The lowest BCUT2D eigenvalue weighted by Crippen LogP contribution is -2.48. The van der Waals surface area contributed by atoms with E-state index in [1.54, 1.807) is 7.11 Å². The zero-order valence-corrected chi connectivity index (χ0v) is 11.0. The molecular weight excluding hydrogens is 212 g/mol. The Labute approximate surface area is 104 Å². The quantitative estimate of drug-likeness (QED) is 0.863. The van der Waals surface area contributed by atoms with Crippen LogP contribution in [0.4, 0.5) is 0 Å². The minimum atomic E-state index is 0.583. The molecule has 0 spiro atoms. The van der Waals surface area contributed by atoms with Crippen LogP contribution in [0.2, 0.25) is 0 Å². The number of benzene rings is 1. The first-order valence-electron chi connectivity index (χ1n) is 6.28. The third-order valence-electron chi connectivity index (χ3n) is 3.28. The molecular formula is C14H22N2O. The fourth-order valence-electron chi connectivity index (χ4n) is 2.43. The predicted molar refractivity (Wildman–Crippen MR) is 70.5 cm³/mol. The minimum absolute atomic E-state index is 0.583. The Bertz CT molecular complexity index is 378. The lowest BCUT2D eigenvalue weighted by molar-refractivity contribution is 0.197. The molecule has 94 valence electrons. The molecule has 1 N–H and O–H groups in total. The topological polar surface area (TPSA) is 24.5 Å². The molecule has 1 aliphatic heterocycles. The molecule has 0 saturated carbocycles. The van der Waals surface area contributed by atoms with E-state index >= 15 is 0 Å². The van der Waals surface area contributed by atoms with Crippen LogP contribution < -0.4 is 10.1 Å². The summed E-state index contributed by atoms with van der Waals surface area (Å²) in [5.41, 5.74) is 2.59. The SMILES string of the molecule is COc1ccc(C)cc1CN1CCNC(C)C1. The highest BCUT2D eigenvalue weighted by atomic mass is 16.5. The monoisotopic (exact) mass is 234 g/mol. The molecule has 1 atom stereocenters. The summed E-state index contributed by atoms with van der Waals surface area (Å²) in [6.45, 7) is 8.65. The van der Waals surface area contributed by atoms with Crippen LogP contribution in [0.25, 0.3) is 0 Å². The van der Waals surface area contributed by atoms with Gasteiger partial charge in [0.25, 0.3) is 0 Å². The molecule has 1 fully saturated rings. The molecule has 1 unspecified atom stereocenters. The molecule has 3 nitrogen and oxygen atoms in total. The van der Waals surface area contributed by atoms with Gasteiger partial charge in [-0.2, -0.15) is 0 Å². The van der Waals surface area contributed by atoms with Crippen molar-refractivity contribution in [2.75, 3.05) is 26.7 Å². The second-order valence-corrected chi connectivity index (χ2v) is 4.91. The van der Waals surface area contributed by atoms with E-state index in [0.717, 1.165) is 31.9 Å². The van der Waals surface area contributed by atoms with Crippen LogP contribution in [0.1, 0.15) is 18.1 Å². The normalized spacial score (nSPS) is 21.5. The number of rotatable bonds is 3. The van der Waals surface area contributed by atoms with E-state index in [1.165, 1.54) is 11.1 Å². The first-order valence-corrected chi connectivity index (χ1v) is 6.28. The number of nitrogens with one attached hydrogen (secondary N) is 1. The highest BCUT2D eigenvalue weighted by Crippen LogP contribution is 2.21. The third-order valence-corrected chi connectivity index (χ3v) is 3.28. The smallest absolute Gasteiger partial charge is 0.123 e. The fraction of sp³-hybridized carbons (Fsp3) is 0.571. The average Bonchev–Trinajstić information content (AvgIpc) is 2.29. The van der Waals surface area contributed by atoms with Crippen LogP contribution in [0.3, 0.4) is 0 Å². The fourth-order valence-corrected chi connectivity index (χ4v) is 2.43. The summed E-state index contributed by atoms with van der Waals surface area (Å²) >= 11 is 0. The summed E-state index contributed by atoms with van der Waals surface area (Å²) in [7, 11) is 1.74. The molecule has 0 radical (unpaired) electrons. The average molecular weight is 234 g/mol. The molecule has 17 heavy (non-hydrogen) atoms. The van der Waals surface area contributed by atoms with Crippen LogP contribution in [-0.2, 0) is 6.54 Å². The van der Waals surface area contributed by atoms with Crippen molar-refractivity contribution in [2.24, 2.45) is 0 Å². The van der Waals surface area contributed by atoms with Crippen molar-refractivity contribution >= 4 is 0 Å². The van der Waals surface area contributed by atoms with E-state index in [2.05, 4.69) is 42.3 Å². The van der Waals surface area contributed by atoms with E-state index in [9.17, 15) is 0 Å². The summed E-state index contributed by atoms with van der Waals surface area (Å²) in [4.78, 5) is 2.48. The maximum atomic E-state index is 5.43. The Hall–Kier alpha value is -1.06. The Balaban J connectivity index is 2.08. The molecule has 0 bridgehead atoms. The van der Waals surface area contributed by atoms with Crippen molar-refractivity contribution in [1.82, 2.24) is 10.2 Å². The van der Waals surface area contributed by atoms with Crippen LogP contribution in [-0.4, -0.2) is 37.7 Å². The second kappa shape index (κ2) is 5.52. The molecule has 0 aliphatic carbocycles. The first-order chi connectivity index (χ1) is 8.19. The molecule has 0 amide bonds. The van der Waals surface area contributed by atoms with Gasteiger partial charge in [-0.05, 0) is 19.9 Å². The summed E-state index contributed by atoms with van der Waals surface area (Å²) in [5, 5.41) is 3.46. The lowest BCUT2D eigenvalue weighted by Gasteiger charge is -2.32. The molecule has 3 heteroatoms. The van der Waals surface area contributed by atoms with E-state index in [4.69, 9.17) is 4.74 Å². The molecule has 1 saturated heterocycles. The van der Waals surface area contributed by atoms with Gasteiger partial charge in [0.15, 0.2) is 0 Å². The van der Waals surface area contributed by atoms with Gasteiger partial charge >= 0.3 is 0 Å². The van der Waals surface area contributed by atoms with Crippen molar-refractivity contribution < 1.29 is 4.74 Å². The zero-order valence-electron chi connectivity index (χ0n) is 11.0. The van der Waals surface area contributed by atoms with E-state index in [-0.39, 0.29) is 0 Å². The van der Waals surface area contributed by atoms with E-state index < -0.39 is 0 Å². The Morgan fingerprint density at radius 1 is 1.47 bits per heavy atom. The summed E-state index contributed by atoms with van der Waals surface area (Å²) < 4.78 is 5.43. The predicted octanol–water partition coefficient (Wildman–Crippen LogP) is 1.80. The highest BCUT2D eigenvalue weighted by Gasteiger charge is 2.16. The van der Waals surface area contributed by atoms with Gasteiger partial charge in [0.1, 0.15) is 5.75 Å². The number of ether oxygens (including phenoxy) is 1. The largest absolute Gasteiger partial charge is 0.496 e. The Kier molecular flexibility index (Phi) is 4.02. The van der Waals surface area contributed by atoms with Crippen LogP contribution >= 0.6 is 0 Å². The van der Waals surface area contributed by atoms with Crippen LogP contribution in [0.5, 0.6) is 5.75 Å². The van der Waals surface area contributed by atoms with Gasteiger partial charge in [-0.3, -0.25) is 4.90 Å². The van der Waals surface area contributed by atoms with Crippen molar-refractivity contribution in [1.29, 1.82) is 0 Å². The highest BCUT2D eigenvalue weighted by molar-refractivity contribution is 5.36. The number of hydrogen-bond donors (Lipinski definition) is 1. The van der Waals surface area contributed by atoms with Gasteiger partial charge in [0.2, 0.25) is 0 Å². The van der Waals surface area contributed by atoms with Gasteiger partial charge < -0.3 is 10.1 Å². The van der Waals surface area contributed by atoms with Gasteiger partial charge in [-0.25, -0.2) is 0 Å². The summed E-state index contributed by atoms with van der Waals surface area (Å²) in [5.74, 6) is 1.00. The first kappa shape index (κ1) is 12.4. The number of hydrogen-bond acceptors (Lipinski definition) is 3. The van der Waals surface area contributed by atoms with Crippen LogP contribution in [0, 0.1) is 6.92 Å². The lowest BCUT2D eigenvalue weighted by atomic mass is 10.1. The van der Waals surface area contributed by atoms with Gasteiger partial charge in [-0.1, -0.05) is 17.7 Å². The number of nitrogens with zero attached hydrogens (tertiary/aromatic N) is 1. The van der Waals surface area contributed by atoms with Gasteiger partial charge in [-0.15, -0.1) is 0 Å². The summed E-state index contributed by atoms with van der Waals surface area (Å²) in [6.07, 6.45) is 0. The standard InChI is InChI=1S/C14H22N2O/c1-11-4-5-14(17-3)13(8-11)10-16-7-6-15-12(2)9-16/h4-5,8,12,15H,6-7,9-10H2,1-3H3. The number of piperazine rings is 1. The maximum Gasteiger partial charge on any atom is 0.123 e. The van der Waals surface area contributed by atoms with E-state index in [0.29, 0.717) is 6.04 Å².